The maximum atomic E-state index is 11.3. The molecule has 0 aliphatic carbocycles. The second kappa shape index (κ2) is 7.17. The van der Waals surface area contributed by atoms with Gasteiger partial charge in [0.05, 0.1) is 6.61 Å². The summed E-state index contributed by atoms with van der Waals surface area (Å²) in [4.78, 5) is 11.3. The highest BCUT2D eigenvalue weighted by Crippen LogP contribution is 2.31. The van der Waals surface area contributed by atoms with Gasteiger partial charge in [-0.3, -0.25) is 4.79 Å². The number of nitrogens with two attached hydrogens (primary N) is 1. The highest BCUT2D eigenvalue weighted by molar-refractivity contribution is 7.80. The van der Waals surface area contributed by atoms with Crippen LogP contribution in [0.25, 0.3) is 0 Å². The summed E-state index contributed by atoms with van der Waals surface area (Å²) in [5, 5.41) is 0. The number of carbonyl (C=O) groups excluding carboxylic acids is 1. The third kappa shape index (κ3) is 5.75. The number of thiol groups is 1. The Hall–Kier alpha value is -0.220. The van der Waals surface area contributed by atoms with Crippen LogP contribution in [0.3, 0.4) is 0 Å². The van der Waals surface area contributed by atoms with Crippen molar-refractivity contribution in [3.63, 3.8) is 0 Å². The van der Waals surface area contributed by atoms with Crippen LogP contribution in [0.1, 0.15) is 40.5 Å². The van der Waals surface area contributed by atoms with Crippen molar-refractivity contribution in [2.45, 2.75) is 46.6 Å². The van der Waals surface area contributed by atoms with Crippen LogP contribution in [-0.4, -0.2) is 24.4 Å². The molecule has 0 radical (unpaired) electrons. The molecule has 0 fully saturated rings. The molecule has 0 aromatic carbocycles. The minimum atomic E-state index is -0.599. The van der Waals surface area contributed by atoms with Crippen molar-refractivity contribution in [2.24, 2.45) is 17.1 Å². The van der Waals surface area contributed by atoms with Gasteiger partial charge < -0.3 is 10.5 Å². The van der Waals surface area contributed by atoms with Crippen LogP contribution in [0.5, 0.6) is 0 Å². The quantitative estimate of drug-likeness (QED) is 0.559. The zero-order chi connectivity index (χ0) is 12.8. The SMILES string of the molecule is CCC(CCOC(=O)C(N)CS)C(C)(C)C. The zero-order valence-electron chi connectivity index (χ0n) is 10.8. The van der Waals surface area contributed by atoms with Gasteiger partial charge in [-0.25, -0.2) is 0 Å². The smallest absolute Gasteiger partial charge is 0.323 e. The number of rotatable bonds is 6. The summed E-state index contributed by atoms with van der Waals surface area (Å²) in [6.07, 6.45) is 1.99. The van der Waals surface area contributed by atoms with E-state index in [1.54, 1.807) is 0 Å². The Balaban J connectivity index is 3.93. The Morgan fingerprint density at radius 2 is 2.00 bits per heavy atom. The molecule has 0 aromatic rings. The number of hydrogen-bond donors (Lipinski definition) is 2. The molecule has 0 spiro atoms. The second-order valence-corrected chi connectivity index (χ2v) is 5.58. The fourth-order valence-corrected chi connectivity index (χ4v) is 1.88. The fourth-order valence-electron chi connectivity index (χ4n) is 1.73. The van der Waals surface area contributed by atoms with E-state index in [2.05, 4.69) is 40.3 Å². The highest BCUT2D eigenvalue weighted by atomic mass is 32.1. The maximum Gasteiger partial charge on any atom is 0.323 e. The van der Waals surface area contributed by atoms with Gasteiger partial charge in [0.25, 0.3) is 0 Å². The van der Waals surface area contributed by atoms with Gasteiger partial charge in [0.15, 0.2) is 0 Å². The molecule has 0 aliphatic heterocycles. The Morgan fingerprint density at radius 1 is 1.44 bits per heavy atom. The van der Waals surface area contributed by atoms with Gasteiger partial charge in [0, 0.05) is 5.75 Å². The van der Waals surface area contributed by atoms with Crippen LogP contribution in [0.15, 0.2) is 0 Å². The predicted molar refractivity (Wildman–Crippen MR) is 70.6 cm³/mol. The van der Waals surface area contributed by atoms with Crippen molar-refractivity contribution in [3.8, 4) is 0 Å². The molecular formula is C12H25NO2S. The van der Waals surface area contributed by atoms with E-state index in [1.165, 1.54) is 0 Å². The van der Waals surface area contributed by atoms with Crippen molar-refractivity contribution >= 4 is 18.6 Å². The molecular weight excluding hydrogens is 222 g/mol. The number of esters is 1. The molecule has 0 bridgehead atoms. The van der Waals surface area contributed by atoms with Crippen LogP contribution >= 0.6 is 12.6 Å². The predicted octanol–water partition coefficient (Wildman–Crippen LogP) is 2.25. The van der Waals surface area contributed by atoms with Crippen molar-refractivity contribution in [2.75, 3.05) is 12.4 Å². The molecule has 0 rings (SSSR count). The van der Waals surface area contributed by atoms with Gasteiger partial charge in [-0.05, 0) is 17.8 Å². The summed E-state index contributed by atoms with van der Waals surface area (Å²) >= 11 is 3.96. The number of ether oxygens (including phenoxy) is 1. The minimum Gasteiger partial charge on any atom is -0.464 e. The van der Waals surface area contributed by atoms with Crippen LogP contribution in [0.2, 0.25) is 0 Å². The van der Waals surface area contributed by atoms with E-state index in [0.29, 0.717) is 18.3 Å². The van der Waals surface area contributed by atoms with E-state index in [4.69, 9.17) is 10.5 Å². The average molecular weight is 247 g/mol. The van der Waals surface area contributed by atoms with E-state index in [-0.39, 0.29) is 11.4 Å². The molecule has 96 valence electrons. The van der Waals surface area contributed by atoms with Crippen molar-refractivity contribution in [1.82, 2.24) is 0 Å². The van der Waals surface area contributed by atoms with E-state index in [9.17, 15) is 4.79 Å². The highest BCUT2D eigenvalue weighted by Gasteiger charge is 2.23. The molecule has 2 atom stereocenters. The average Bonchev–Trinajstić information content (AvgIpc) is 2.20. The standard InChI is InChI=1S/C12H25NO2S/c1-5-9(12(2,3)4)6-7-15-11(14)10(13)8-16/h9-10,16H,5-8,13H2,1-4H3. The third-order valence-corrected chi connectivity index (χ3v) is 3.32. The molecule has 16 heavy (non-hydrogen) atoms. The molecule has 4 heteroatoms. The third-order valence-electron chi connectivity index (χ3n) is 2.93. The van der Waals surface area contributed by atoms with Gasteiger partial charge in [0.2, 0.25) is 0 Å². The van der Waals surface area contributed by atoms with Crippen LogP contribution in [-0.2, 0) is 9.53 Å². The number of carbonyl (C=O) groups is 1. The molecule has 0 saturated heterocycles. The Morgan fingerprint density at radius 3 is 2.38 bits per heavy atom. The maximum absolute atomic E-state index is 11.3. The molecule has 0 aliphatic rings. The lowest BCUT2D eigenvalue weighted by atomic mass is 9.77. The zero-order valence-corrected chi connectivity index (χ0v) is 11.7. The van der Waals surface area contributed by atoms with E-state index in [0.717, 1.165) is 12.8 Å². The molecule has 2 unspecified atom stereocenters. The minimum absolute atomic E-state index is 0.257. The van der Waals surface area contributed by atoms with Crippen molar-refractivity contribution in [3.05, 3.63) is 0 Å². The normalized spacial score (nSPS) is 15.6. The first-order chi connectivity index (χ1) is 7.32. The summed E-state index contributed by atoms with van der Waals surface area (Å²) < 4.78 is 5.11. The molecule has 0 aromatic heterocycles. The van der Waals surface area contributed by atoms with E-state index < -0.39 is 6.04 Å². The van der Waals surface area contributed by atoms with Gasteiger partial charge >= 0.3 is 5.97 Å². The lowest BCUT2D eigenvalue weighted by Crippen LogP contribution is -2.34. The van der Waals surface area contributed by atoms with Crippen molar-refractivity contribution in [1.29, 1.82) is 0 Å². The molecule has 2 N–H and O–H groups in total. The van der Waals surface area contributed by atoms with Gasteiger partial charge in [-0.1, -0.05) is 34.1 Å². The Labute approximate surface area is 105 Å². The van der Waals surface area contributed by atoms with Gasteiger partial charge in [-0.2, -0.15) is 12.6 Å². The molecule has 0 saturated carbocycles. The first-order valence-electron chi connectivity index (χ1n) is 5.86. The fraction of sp³-hybridized carbons (Fsp3) is 0.917. The summed E-state index contributed by atoms with van der Waals surface area (Å²) in [5.74, 6) is 0.543. The van der Waals surface area contributed by atoms with E-state index >= 15 is 0 Å². The van der Waals surface area contributed by atoms with Crippen LogP contribution in [0.4, 0.5) is 0 Å². The largest absolute Gasteiger partial charge is 0.464 e. The van der Waals surface area contributed by atoms with Gasteiger partial charge in [-0.15, -0.1) is 0 Å². The first-order valence-corrected chi connectivity index (χ1v) is 6.49. The van der Waals surface area contributed by atoms with Crippen LogP contribution < -0.4 is 5.73 Å². The topological polar surface area (TPSA) is 52.3 Å². The lowest BCUT2D eigenvalue weighted by Gasteiger charge is -2.29. The van der Waals surface area contributed by atoms with Crippen LogP contribution in [0, 0.1) is 11.3 Å². The summed E-state index contributed by atoms with van der Waals surface area (Å²) in [6, 6.07) is -0.599. The molecule has 3 nitrogen and oxygen atoms in total. The molecule has 0 amide bonds. The van der Waals surface area contributed by atoms with Gasteiger partial charge in [0.1, 0.15) is 6.04 Å². The summed E-state index contributed by atoms with van der Waals surface area (Å²) in [5.41, 5.74) is 5.76. The summed E-state index contributed by atoms with van der Waals surface area (Å²) in [7, 11) is 0. The monoisotopic (exact) mass is 247 g/mol. The van der Waals surface area contributed by atoms with E-state index in [1.807, 2.05) is 0 Å². The Kier molecular flexibility index (Phi) is 7.07. The Bertz CT molecular complexity index is 214. The first kappa shape index (κ1) is 15.8. The van der Waals surface area contributed by atoms with Crippen molar-refractivity contribution < 1.29 is 9.53 Å². The number of hydrogen-bond acceptors (Lipinski definition) is 4. The lowest BCUT2D eigenvalue weighted by molar-refractivity contribution is -0.145. The molecule has 0 heterocycles. The second-order valence-electron chi connectivity index (χ2n) is 5.22. The summed E-state index contributed by atoms with van der Waals surface area (Å²) in [6.45, 7) is 9.25.